The van der Waals surface area contributed by atoms with Crippen LogP contribution in [-0.2, 0) is 16.0 Å². The van der Waals surface area contributed by atoms with E-state index >= 15 is 0 Å². The largest absolute Gasteiger partial charge is 0.378 e. The van der Waals surface area contributed by atoms with Crippen LogP contribution in [0.3, 0.4) is 0 Å². The lowest BCUT2D eigenvalue weighted by molar-refractivity contribution is -0.705. The maximum atomic E-state index is 12.7. The molecule has 1 saturated heterocycles. The molecule has 0 unspecified atom stereocenters. The zero-order chi connectivity index (χ0) is 20.8. The zero-order valence-electron chi connectivity index (χ0n) is 17.3. The van der Waals surface area contributed by atoms with E-state index < -0.39 is 0 Å². The van der Waals surface area contributed by atoms with Crippen LogP contribution >= 0.6 is 0 Å². The Labute approximate surface area is 177 Å². The van der Waals surface area contributed by atoms with E-state index in [4.69, 9.17) is 4.74 Å². The Kier molecular flexibility index (Phi) is 6.40. The maximum Gasteiger partial charge on any atom is 0.293 e. The van der Waals surface area contributed by atoms with Gasteiger partial charge >= 0.3 is 0 Å². The zero-order valence-corrected chi connectivity index (χ0v) is 17.3. The van der Waals surface area contributed by atoms with Crippen LogP contribution in [0, 0.1) is 0 Å². The number of aromatic nitrogens is 1. The Morgan fingerprint density at radius 3 is 2.27 bits per heavy atom. The van der Waals surface area contributed by atoms with Crippen molar-refractivity contribution in [2.45, 2.75) is 19.4 Å². The molecule has 1 aliphatic rings. The van der Waals surface area contributed by atoms with E-state index in [-0.39, 0.29) is 11.9 Å². The Morgan fingerprint density at radius 2 is 1.60 bits per heavy atom. The van der Waals surface area contributed by atoms with E-state index in [0.717, 1.165) is 44.1 Å². The van der Waals surface area contributed by atoms with Crippen molar-refractivity contribution in [1.82, 2.24) is 0 Å². The summed E-state index contributed by atoms with van der Waals surface area (Å²) in [6.07, 6.45) is 4.84. The van der Waals surface area contributed by atoms with Crippen LogP contribution in [0.4, 0.5) is 11.4 Å². The first-order valence-corrected chi connectivity index (χ1v) is 10.5. The number of hydrogen-bond donors (Lipinski definition) is 1. The average molecular weight is 403 g/mol. The lowest BCUT2D eigenvalue weighted by Gasteiger charge is -2.28. The number of nitrogens with one attached hydrogen (secondary N) is 1. The van der Waals surface area contributed by atoms with Gasteiger partial charge in [-0.3, -0.25) is 4.79 Å². The highest BCUT2D eigenvalue weighted by Gasteiger charge is 2.22. The molecule has 5 heteroatoms. The number of anilines is 2. The van der Waals surface area contributed by atoms with Crippen molar-refractivity contribution >= 4 is 17.3 Å². The summed E-state index contributed by atoms with van der Waals surface area (Å²) in [6, 6.07) is 22.3. The van der Waals surface area contributed by atoms with Gasteiger partial charge in [-0.05, 0) is 41.8 Å². The monoisotopic (exact) mass is 402 g/mol. The summed E-state index contributed by atoms with van der Waals surface area (Å²) in [5.41, 5.74) is 4.48. The second-order valence-electron chi connectivity index (χ2n) is 7.63. The molecule has 1 aromatic heterocycles. The minimum Gasteiger partial charge on any atom is -0.378 e. The van der Waals surface area contributed by atoms with Crippen molar-refractivity contribution in [2.24, 2.45) is 0 Å². The highest BCUT2D eigenvalue weighted by Crippen LogP contribution is 2.19. The van der Waals surface area contributed by atoms with Gasteiger partial charge in [-0.25, -0.2) is 0 Å². The summed E-state index contributed by atoms with van der Waals surface area (Å²) in [6.45, 7) is 5.24. The molecule has 0 saturated carbocycles. The van der Waals surface area contributed by atoms with Gasteiger partial charge in [0.2, 0.25) is 6.04 Å². The smallest absolute Gasteiger partial charge is 0.293 e. The van der Waals surface area contributed by atoms with E-state index in [1.54, 1.807) is 0 Å². The number of nitrogens with zero attached hydrogens (tertiary/aromatic N) is 2. The second-order valence-corrected chi connectivity index (χ2v) is 7.63. The van der Waals surface area contributed by atoms with Crippen LogP contribution in [0.2, 0.25) is 0 Å². The first-order chi connectivity index (χ1) is 14.7. The number of carbonyl (C=O) groups is 1. The molecule has 4 rings (SSSR count). The van der Waals surface area contributed by atoms with E-state index in [0.29, 0.717) is 0 Å². The predicted octanol–water partition coefficient (Wildman–Crippen LogP) is 3.60. The normalized spacial score (nSPS) is 14.9. The van der Waals surface area contributed by atoms with Crippen LogP contribution in [0.25, 0.3) is 0 Å². The van der Waals surface area contributed by atoms with Crippen LogP contribution in [-0.4, -0.2) is 32.2 Å². The first kappa shape index (κ1) is 20.1. The van der Waals surface area contributed by atoms with Gasteiger partial charge in [-0.15, -0.1) is 0 Å². The third kappa shape index (κ3) is 5.05. The van der Waals surface area contributed by atoms with Gasteiger partial charge in [0.25, 0.3) is 5.91 Å². The Morgan fingerprint density at radius 1 is 0.967 bits per heavy atom. The van der Waals surface area contributed by atoms with Crippen LogP contribution in [0.5, 0.6) is 0 Å². The topological polar surface area (TPSA) is 45.5 Å². The van der Waals surface area contributed by atoms with Gasteiger partial charge in [0.15, 0.2) is 12.4 Å². The second kappa shape index (κ2) is 9.55. The fourth-order valence-electron chi connectivity index (χ4n) is 3.64. The summed E-state index contributed by atoms with van der Waals surface area (Å²) in [4.78, 5) is 15.0. The minimum atomic E-state index is -0.297. The quantitative estimate of drug-likeness (QED) is 0.641. The van der Waals surface area contributed by atoms with Gasteiger partial charge in [0.05, 0.1) is 13.2 Å². The summed E-state index contributed by atoms with van der Waals surface area (Å²) in [5, 5.41) is 3.02. The number of benzene rings is 2. The standard InChI is InChI=1S/C25H27N3O2/c1-20(27-13-11-22(12-14-27)19-21-5-3-2-4-6-21)25(29)26-23-7-9-24(10-8-23)28-15-17-30-18-16-28/h2-14,20H,15-19H2,1H3/p+1/t20-/m1/s1. The summed E-state index contributed by atoms with van der Waals surface area (Å²) in [5.74, 6) is -0.0325. The highest BCUT2D eigenvalue weighted by molar-refractivity contribution is 5.92. The lowest BCUT2D eigenvalue weighted by atomic mass is 10.1. The molecule has 1 fully saturated rings. The van der Waals surface area contributed by atoms with Crippen molar-refractivity contribution in [1.29, 1.82) is 0 Å². The molecule has 1 aliphatic heterocycles. The molecule has 1 N–H and O–H groups in total. The molecule has 1 amide bonds. The fraction of sp³-hybridized carbons (Fsp3) is 0.280. The first-order valence-electron chi connectivity index (χ1n) is 10.5. The molecule has 0 spiro atoms. The lowest BCUT2D eigenvalue weighted by Crippen LogP contribution is -2.44. The van der Waals surface area contributed by atoms with Gasteiger partial charge in [-0.1, -0.05) is 30.3 Å². The third-order valence-corrected chi connectivity index (χ3v) is 5.51. The molecule has 5 nitrogen and oxygen atoms in total. The molecule has 2 heterocycles. The molecular weight excluding hydrogens is 374 g/mol. The minimum absolute atomic E-state index is 0.0325. The molecule has 0 bridgehead atoms. The number of hydrogen-bond acceptors (Lipinski definition) is 3. The van der Waals surface area contributed by atoms with Crippen molar-refractivity contribution in [3.63, 3.8) is 0 Å². The van der Waals surface area contributed by atoms with Crippen molar-refractivity contribution in [2.75, 3.05) is 36.5 Å². The average Bonchev–Trinajstić information content (AvgIpc) is 2.81. The third-order valence-electron chi connectivity index (χ3n) is 5.51. The van der Waals surface area contributed by atoms with Crippen LogP contribution in [0.1, 0.15) is 24.1 Å². The number of rotatable bonds is 6. The van der Waals surface area contributed by atoms with Gasteiger partial charge in [0.1, 0.15) is 0 Å². The molecule has 0 radical (unpaired) electrons. The SMILES string of the molecule is C[C@H](C(=O)Nc1ccc(N2CCOCC2)cc1)[n+]1ccc(Cc2ccccc2)cc1. The van der Waals surface area contributed by atoms with Crippen LogP contribution in [0.15, 0.2) is 79.1 Å². The molecule has 1 atom stereocenters. The number of carbonyl (C=O) groups excluding carboxylic acids is 1. The van der Waals surface area contributed by atoms with E-state index in [1.165, 1.54) is 11.1 Å². The highest BCUT2D eigenvalue weighted by atomic mass is 16.5. The van der Waals surface area contributed by atoms with E-state index in [9.17, 15) is 4.79 Å². The number of ether oxygens (including phenoxy) is 1. The maximum absolute atomic E-state index is 12.7. The summed E-state index contributed by atoms with van der Waals surface area (Å²) >= 11 is 0. The van der Waals surface area contributed by atoms with Gasteiger partial charge < -0.3 is 15.0 Å². The molecule has 30 heavy (non-hydrogen) atoms. The fourth-order valence-corrected chi connectivity index (χ4v) is 3.64. The number of morpholine rings is 1. The Bertz CT molecular complexity index is 950. The molecule has 154 valence electrons. The summed E-state index contributed by atoms with van der Waals surface area (Å²) in [7, 11) is 0. The summed E-state index contributed by atoms with van der Waals surface area (Å²) < 4.78 is 7.34. The molecule has 2 aromatic carbocycles. The molecule has 0 aliphatic carbocycles. The molecular formula is C25H28N3O2+. The van der Waals surface area contributed by atoms with Crippen LogP contribution < -0.4 is 14.8 Å². The number of amides is 1. The van der Waals surface area contributed by atoms with E-state index in [1.807, 2.05) is 42.1 Å². The number of pyridine rings is 1. The Balaban J connectivity index is 1.35. The van der Waals surface area contributed by atoms with Gasteiger partial charge in [-0.2, -0.15) is 4.57 Å². The molecule has 3 aromatic rings. The van der Waals surface area contributed by atoms with Gasteiger partial charge in [0, 0.05) is 43.5 Å². The van der Waals surface area contributed by atoms with Crippen molar-refractivity contribution < 1.29 is 14.1 Å². The van der Waals surface area contributed by atoms with Crippen molar-refractivity contribution in [3.8, 4) is 0 Å². The Hall–Kier alpha value is -3.18. The van der Waals surface area contributed by atoms with E-state index in [2.05, 4.69) is 58.7 Å². The predicted molar refractivity (Wildman–Crippen MR) is 119 cm³/mol. The van der Waals surface area contributed by atoms with Crippen molar-refractivity contribution in [3.05, 3.63) is 90.3 Å².